The fourth-order valence-electron chi connectivity index (χ4n) is 3.10. The Morgan fingerprint density at radius 1 is 1.16 bits per heavy atom. The lowest BCUT2D eigenvalue weighted by atomic mass is 9.80. The fraction of sp³-hybridized carbons (Fsp3) is 0.353. The Balaban J connectivity index is 2.11. The smallest absolute Gasteiger partial charge is 0.168 e. The Hall–Kier alpha value is -1.67. The number of rotatable bonds is 2. The Bertz CT molecular complexity index is 630. The second kappa shape index (κ2) is 4.78. The zero-order valence-electron chi connectivity index (χ0n) is 11.5. The minimum absolute atomic E-state index is 0.147. The molecule has 0 bridgehead atoms. The van der Waals surface area contributed by atoms with E-state index in [-0.39, 0.29) is 5.92 Å². The van der Waals surface area contributed by atoms with Crippen LogP contribution in [0.15, 0.2) is 36.4 Å². The molecular weight excluding hydrogens is 234 g/mol. The van der Waals surface area contributed by atoms with E-state index in [2.05, 4.69) is 29.2 Å². The number of hydrogen-bond donors (Lipinski definition) is 0. The highest BCUT2D eigenvalue weighted by Gasteiger charge is 2.28. The first-order valence-electron chi connectivity index (χ1n) is 6.86. The van der Waals surface area contributed by atoms with E-state index in [0.29, 0.717) is 5.78 Å². The number of aryl methyl sites for hydroxylation is 1. The highest BCUT2D eigenvalue weighted by atomic mass is 16.1. The third-order valence-corrected chi connectivity index (χ3v) is 3.98. The average molecular weight is 253 g/mol. The molecular formula is C17H19NO. The summed E-state index contributed by atoms with van der Waals surface area (Å²) in [6.07, 6.45) is 1.99. The van der Waals surface area contributed by atoms with Gasteiger partial charge in [-0.25, -0.2) is 0 Å². The van der Waals surface area contributed by atoms with Gasteiger partial charge in [-0.15, -0.1) is 0 Å². The maximum Gasteiger partial charge on any atom is 0.168 e. The van der Waals surface area contributed by atoms with Crippen molar-refractivity contribution in [2.45, 2.75) is 12.8 Å². The van der Waals surface area contributed by atoms with Gasteiger partial charge in [-0.3, -0.25) is 4.79 Å². The molecule has 0 amide bonds. The zero-order valence-corrected chi connectivity index (χ0v) is 11.5. The summed E-state index contributed by atoms with van der Waals surface area (Å²) < 4.78 is 0. The van der Waals surface area contributed by atoms with Crippen molar-refractivity contribution in [3.05, 3.63) is 47.5 Å². The molecule has 0 radical (unpaired) electrons. The first kappa shape index (κ1) is 12.4. The molecule has 19 heavy (non-hydrogen) atoms. The normalized spacial score (nSPS) is 18.9. The molecule has 0 aliphatic heterocycles. The average Bonchev–Trinajstić information content (AvgIpc) is 2.41. The highest BCUT2D eigenvalue weighted by molar-refractivity contribution is 6.11. The summed E-state index contributed by atoms with van der Waals surface area (Å²) in [7, 11) is 4.07. The van der Waals surface area contributed by atoms with Gasteiger partial charge in [0.05, 0.1) is 0 Å². The lowest BCUT2D eigenvalue weighted by Crippen LogP contribution is -2.31. The van der Waals surface area contributed by atoms with Gasteiger partial charge in [0.2, 0.25) is 0 Å². The Labute approximate surface area is 114 Å². The number of ketones is 1. The molecule has 2 nitrogen and oxygen atoms in total. The molecule has 0 saturated carbocycles. The number of hydrogen-bond acceptors (Lipinski definition) is 2. The SMILES string of the molecule is CN(C)C[C@H]1CCc2ccc3ccccc3c2C1=O. The number of fused-ring (bicyclic) bond motifs is 3. The van der Waals surface area contributed by atoms with Crippen molar-refractivity contribution in [3.63, 3.8) is 0 Å². The topological polar surface area (TPSA) is 20.3 Å². The van der Waals surface area contributed by atoms with Crippen molar-refractivity contribution in [1.29, 1.82) is 0 Å². The van der Waals surface area contributed by atoms with Crippen LogP contribution >= 0.6 is 0 Å². The van der Waals surface area contributed by atoms with E-state index < -0.39 is 0 Å². The molecule has 0 fully saturated rings. The van der Waals surface area contributed by atoms with Crippen molar-refractivity contribution in [1.82, 2.24) is 4.90 Å². The molecule has 0 saturated heterocycles. The fourth-order valence-corrected chi connectivity index (χ4v) is 3.10. The maximum absolute atomic E-state index is 12.7. The van der Waals surface area contributed by atoms with Crippen molar-refractivity contribution >= 4 is 16.6 Å². The monoisotopic (exact) mass is 253 g/mol. The number of carbonyl (C=O) groups is 1. The van der Waals surface area contributed by atoms with Gasteiger partial charge in [0, 0.05) is 18.0 Å². The molecule has 0 N–H and O–H groups in total. The quantitative estimate of drug-likeness (QED) is 0.819. The summed E-state index contributed by atoms with van der Waals surface area (Å²) in [6, 6.07) is 12.5. The van der Waals surface area contributed by atoms with Crippen LogP contribution in [0.1, 0.15) is 22.3 Å². The van der Waals surface area contributed by atoms with E-state index in [1.807, 2.05) is 26.2 Å². The number of Topliss-reactive ketones (excluding diaryl/α,β-unsaturated/α-hetero) is 1. The van der Waals surface area contributed by atoms with Crippen molar-refractivity contribution < 1.29 is 4.79 Å². The summed E-state index contributed by atoms with van der Waals surface area (Å²) in [5, 5.41) is 2.29. The van der Waals surface area contributed by atoms with Crippen LogP contribution in [0.4, 0.5) is 0 Å². The number of benzene rings is 2. The molecule has 1 aliphatic rings. The molecule has 0 unspecified atom stereocenters. The van der Waals surface area contributed by atoms with Gasteiger partial charge < -0.3 is 4.90 Å². The predicted molar refractivity (Wildman–Crippen MR) is 78.6 cm³/mol. The Morgan fingerprint density at radius 2 is 1.95 bits per heavy atom. The van der Waals surface area contributed by atoms with Crippen molar-refractivity contribution in [3.8, 4) is 0 Å². The van der Waals surface area contributed by atoms with E-state index in [0.717, 1.165) is 30.3 Å². The first-order chi connectivity index (χ1) is 9.16. The zero-order chi connectivity index (χ0) is 13.4. The molecule has 3 rings (SSSR count). The molecule has 1 aliphatic carbocycles. The molecule has 0 heterocycles. The first-order valence-corrected chi connectivity index (χ1v) is 6.86. The van der Waals surface area contributed by atoms with Crippen LogP contribution in [0.25, 0.3) is 10.8 Å². The Kier molecular flexibility index (Phi) is 3.11. The van der Waals surface area contributed by atoms with Crippen LogP contribution in [0, 0.1) is 5.92 Å². The summed E-state index contributed by atoms with van der Waals surface area (Å²) >= 11 is 0. The largest absolute Gasteiger partial charge is 0.309 e. The number of nitrogens with zero attached hydrogens (tertiary/aromatic N) is 1. The van der Waals surface area contributed by atoms with Crippen LogP contribution in [0.5, 0.6) is 0 Å². The van der Waals surface area contributed by atoms with Gasteiger partial charge in [0.25, 0.3) is 0 Å². The van der Waals surface area contributed by atoms with Crippen LogP contribution < -0.4 is 0 Å². The van der Waals surface area contributed by atoms with Crippen LogP contribution in [-0.4, -0.2) is 31.3 Å². The Morgan fingerprint density at radius 3 is 2.74 bits per heavy atom. The van der Waals surface area contributed by atoms with Gasteiger partial charge in [0.1, 0.15) is 0 Å². The predicted octanol–water partition coefficient (Wildman–Crippen LogP) is 3.15. The van der Waals surface area contributed by atoms with E-state index in [9.17, 15) is 4.79 Å². The molecule has 1 atom stereocenters. The van der Waals surface area contributed by atoms with Gasteiger partial charge in [-0.05, 0) is 43.3 Å². The third kappa shape index (κ3) is 2.17. The van der Waals surface area contributed by atoms with Gasteiger partial charge >= 0.3 is 0 Å². The second-order valence-electron chi connectivity index (χ2n) is 5.68. The van der Waals surface area contributed by atoms with Gasteiger partial charge in [0.15, 0.2) is 5.78 Å². The minimum Gasteiger partial charge on any atom is -0.309 e. The van der Waals surface area contributed by atoms with Crippen LogP contribution in [-0.2, 0) is 6.42 Å². The van der Waals surface area contributed by atoms with Crippen molar-refractivity contribution in [2.24, 2.45) is 5.92 Å². The third-order valence-electron chi connectivity index (χ3n) is 3.98. The van der Waals surface area contributed by atoms with E-state index in [1.54, 1.807) is 0 Å². The lowest BCUT2D eigenvalue weighted by molar-refractivity contribution is 0.0879. The van der Waals surface area contributed by atoms with Gasteiger partial charge in [-0.1, -0.05) is 36.4 Å². The molecule has 0 spiro atoms. The summed E-state index contributed by atoms with van der Waals surface area (Å²) in [5.41, 5.74) is 2.19. The van der Waals surface area contributed by atoms with E-state index in [1.165, 1.54) is 10.9 Å². The van der Waals surface area contributed by atoms with E-state index in [4.69, 9.17) is 0 Å². The van der Waals surface area contributed by atoms with Crippen LogP contribution in [0.2, 0.25) is 0 Å². The molecule has 98 valence electrons. The molecule has 2 aromatic carbocycles. The molecule has 2 aromatic rings. The molecule has 0 aromatic heterocycles. The van der Waals surface area contributed by atoms with E-state index >= 15 is 0 Å². The molecule has 2 heteroatoms. The summed E-state index contributed by atoms with van der Waals surface area (Å²) in [5.74, 6) is 0.472. The maximum atomic E-state index is 12.7. The van der Waals surface area contributed by atoms with Gasteiger partial charge in [-0.2, -0.15) is 0 Å². The summed E-state index contributed by atoms with van der Waals surface area (Å²) in [4.78, 5) is 14.8. The van der Waals surface area contributed by atoms with Crippen LogP contribution in [0.3, 0.4) is 0 Å². The van der Waals surface area contributed by atoms with Crippen molar-refractivity contribution in [2.75, 3.05) is 20.6 Å². The second-order valence-corrected chi connectivity index (χ2v) is 5.68. The lowest BCUT2D eigenvalue weighted by Gasteiger charge is -2.26. The number of carbonyl (C=O) groups excluding carboxylic acids is 1. The summed E-state index contributed by atoms with van der Waals surface area (Å²) in [6.45, 7) is 0.849. The minimum atomic E-state index is 0.147. The standard InChI is InChI=1S/C17H19NO/c1-18(2)11-14-10-9-13-8-7-12-5-3-4-6-15(12)16(13)17(14)19/h3-8,14H,9-11H2,1-2H3/t14-/m1/s1. The highest BCUT2D eigenvalue weighted by Crippen LogP contribution is 2.31.